The molecule has 0 bridgehead atoms. The number of fused-ring (bicyclic) bond motifs is 1. The topological polar surface area (TPSA) is 241 Å². The van der Waals surface area contributed by atoms with E-state index in [4.69, 9.17) is 29.0 Å². The van der Waals surface area contributed by atoms with Gasteiger partial charge in [-0.25, -0.2) is 19.0 Å². The molecule has 0 aliphatic carbocycles. The molecule has 4 rings (SSSR count). The predicted octanol–water partition coefficient (Wildman–Crippen LogP) is 6.28. The maximum atomic E-state index is 13.0. The minimum absolute atomic E-state index is 0.00211. The Balaban J connectivity index is 1.18. The Hall–Kier alpha value is -3.70. The van der Waals surface area contributed by atoms with Crippen LogP contribution in [0, 0.1) is 22.7 Å². The van der Waals surface area contributed by atoms with Crippen LogP contribution in [0.2, 0.25) is 0 Å². The van der Waals surface area contributed by atoms with Gasteiger partial charge in [-0.2, -0.15) is 15.6 Å². The van der Waals surface area contributed by atoms with Crippen molar-refractivity contribution in [2.75, 3.05) is 32.2 Å². The first kappa shape index (κ1) is 45.0. The maximum absolute atomic E-state index is 13.0. The van der Waals surface area contributed by atoms with E-state index in [1.54, 1.807) is 12.1 Å². The van der Waals surface area contributed by atoms with Crippen molar-refractivity contribution in [2.24, 2.45) is 0 Å². The second-order valence-corrected chi connectivity index (χ2v) is 15.7. The molecule has 1 aliphatic heterocycles. The molecule has 1 unspecified atom stereocenters. The zero-order valence-electron chi connectivity index (χ0n) is 32.4. The van der Waals surface area contributed by atoms with Gasteiger partial charge in [-0.3, -0.25) is 9.05 Å². The van der Waals surface area contributed by atoms with Crippen molar-refractivity contribution in [1.82, 2.24) is 19.6 Å². The first-order chi connectivity index (χ1) is 27.1. The van der Waals surface area contributed by atoms with Gasteiger partial charge in [0.25, 0.3) is 0 Å². The fourth-order valence-corrected chi connectivity index (χ4v) is 7.49. The molecule has 6 atom stereocenters. The van der Waals surface area contributed by atoms with Crippen molar-refractivity contribution < 1.29 is 42.9 Å². The quantitative estimate of drug-likeness (QED) is 0.0467. The molecule has 56 heavy (non-hydrogen) atoms. The summed E-state index contributed by atoms with van der Waals surface area (Å²) in [5.41, 5.74) is 4.32. The number of rotatable bonds is 28. The number of ether oxygens (including phenoxy) is 3. The zero-order valence-corrected chi connectivity index (χ0v) is 33.3. The first-order valence-corrected chi connectivity index (χ1v) is 21.4. The number of aliphatic hydroxyl groups excluding tert-OH is 2. The molecule has 0 aromatic carbocycles. The van der Waals surface area contributed by atoms with Crippen LogP contribution in [0.15, 0.2) is 36.7 Å². The fourth-order valence-electron chi connectivity index (χ4n) is 6.73. The van der Waals surface area contributed by atoms with Gasteiger partial charge in [-0.05, 0) is 24.6 Å². The van der Waals surface area contributed by atoms with Crippen LogP contribution in [-0.4, -0.2) is 85.5 Å². The average molecular weight is 800 g/mol. The van der Waals surface area contributed by atoms with Gasteiger partial charge in [0.2, 0.25) is 11.5 Å². The molecule has 16 nitrogen and oxygen atoms in total. The number of nitrogens with two attached hydrogens (primary N) is 1. The molecule has 1 aliphatic rings. The lowest BCUT2D eigenvalue weighted by atomic mass is 9.92. The van der Waals surface area contributed by atoms with Crippen molar-refractivity contribution in [3.8, 4) is 18.0 Å². The number of nitrogen functional groups attached to an aromatic ring is 1. The van der Waals surface area contributed by atoms with Crippen LogP contribution in [0.4, 0.5) is 5.82 Å². The highest BCUT2D eigenvalue weighted by Gasteiger charge is 2.58. The predicted molar refractivity (Wildman–Crippen MR) is 207 cm³/mol. The van der Waals surface area contributed by atoms with E-state index in [0.29, 0.717) is 12.1 Å². The second-order valence-electron chi connectivity index (χ2n) is 14.3. The Bertz CT molecular complexity index is 1750. The number of nitrogens with zero attached hydrogens (tertiary/aromatic N) is 6. The number of hydrogen-bond acceptors (Lipinski definition) is 14. The molecule has 308 valence electrons. The van der Waals surface area contributed by atoms with E-state index in [0.717, 1.165) is 25.6 Å². The zero-order chi connectivity index (χ0) is 40.2. The lowest BCUT2D eigenvalue weighted by Gasteiger charge is -2.24. The third-order valence-corrected chi connectivity index (χ3v) is 10.8. The molecule has 3 aromatic heterocycles. The summed E-state index contributed by atoms with van der Waals surface area (Å²) >= 11 is 0. The lowest BCUT2D eigenvalue weighted by molar-refractivity contribution is -0.0652. The van der Waals surface area contributed by atoms with E-state index in [9.17, 15) is 30.2 Å². The Morgan fingerprint density at radius 2 is 1.57 bits per heavy atom. The van der Waals surface area contributed by atoms with Gasteiger partial charge in [0.1, 0.15) is 54.1 Å². The summed E-state index contributed by atoms with van der Waals surface area (Å²) < 4.78 is 42.2. The molecule has 5 N–H and O–H groups in total. The van der Waals surface area contributed by atoms with Gasteiger partial charge in [0.05, 0.1) is 25.5 Å². The van der Waals surface area contributed by atoms with Crippen molar-refractivity contribution in [2.45, 2.75) is 140 Å². The molecule has 0 saturated carbocycles. The van der Waals surface area contributed by atoms with E-state index >= 15 is 0 Å². The Morgan fingerprint density at radius 3 is 2.20 bits per heavy atom. The molecular weight excluding hydrogens is 741 g/mol. The second kappa shape index (κ2) is 23.5. The summed E-state index contributed by atoms with van der Waals surface area (Å²) in [6, 6.07) is 11.5. The summed E-state index contributed by atoms with van der Waals surface area (Å²) in [6.45, 7) is 1.53. The minimum atomic E-state index is -4.81. The SMILES string of the molecule is CCCCCCCCCCCCCCCCCCOC[C@H](COP(=O)(O)OC[C@H]1O[C@@](C#N)(c2ccc3c(N)ncnn23)[C@H](O)[C@@H]1O)Oc1cccc(C#N)n1. The molecule has 1 fully saturated rings. The highest BCUT2D eigenvalue weighted by atomic mass is 31.2. The van der Waals surface area contributed by atoms with Crippen LogP contribution in [0.1, 0.15) is 121 Å². The summed E-state index contributed by atoms with van der Waals surface area (Å²) in [4.78, 5) is 18.6. The standard InChI is InChI=1S/C39H58N7O9P/c1-2-3-4-5-6-7-8-9-10-11-12-13-14-15-16-17-23-51-25-31(54-35-20-18-19-30(24-40)45-35)26-52-56(49,50)53-27-33-36(47)37(48)39(28-41,55-33)34-22-21-32-38(42)43-29-44-46(32)34/h18-22,29,31,33,36-37,47-48H,2-17,23,25-27H2,1H3,(H,49,50)(H2,42,43,44)/t31-,33-,36-,37-,39+/m1/s1. The Labute approximate surface area is 329 Å². The summed E-state index contributed by atoms with van der Waals surface area (Å²) in [5.74, 6) is 0.221. The van der Waals surface area contributed by atoms with E-state index in [-0.39, 0.29) is 29.7 Å². The third-order valence-electron chi connectivity index (χ3n) is 9.88. The smallest absolute Gasteiger partial charge is 0.469 e. The van der Waals surface area contributed by atoms with E-state index in [2.05, 4.69) is 22.0 Å². The number of pyridine rings is 1. The van der Waals surface area contributed by atoms with Crippen LogP contribution >= 0.6 is 7.82 Å². The van der Waals surface area contributed by atoms with Crippen LogP contribution < -0.4 is 10.5 Å². The van der Waals surface area contributed by atoms with Crippen LogP contribution in [0.5, 0.6) is 5.88 Å². The fraction of sp³-hybridized carbons (Fsp3) is 0.667. The van der Waals surface area contributed by atoms with E-state index in [1.807, 2.05) is 12.1 Å². The van der Waals surface area contributed by atoms with Crippen molar-refractivity contribution in [3.63, 3.8) is 0 Å². The number of phosphoric acid groups is 1. The van der Waals surface area contributed by atoms with Crippen molar-refractivity contribution >= 4 is 19.2 Å². The van der Waals surface area contributed by atoms with Gasteiger partial charge in [0.15, 0.2) is 5.82 Å². The Kier molecular flexibility index (Phi) is 18.9. The van der Waals surface area contributed by atoms with Crippen LogP contribution in [0.25, 0.3) is 5.52 Å². The number of aromatic nitrogens is 4. The van der Waals surface area contributed by atoms with E-state index in [1.165, 1.54) is 106 Å². The number of unbranched alkanes of at least 4 members (excludes halogenated alkanes) is 15. The lowest BCUT2D eigenvalue weighted by Crippen LogP contribution is -2.41. The van der Waals surface area contributed by atoms with Gasteiger partial charge < -0.3 is 35.1 Å². The molecule has 0 radical (unpaired) electrons. The molecule has 17 heteroatoms. The van der Waals surface area contributed by atoms with Crippen LogP contribution in [-0.2, 0) is 28.7 Å². The number of phosphoric ester groups is 1. The highest BCUT2D eigenvalue weighted by molar-refractivity contribution is 7.47. The summed E-state index contributed by atoms with van der Waals surface area (Å²) in [6.07, 6.45) is 15.6. The van der Waals surface area contributed by atoms with Crippen LogP contribution in [0.3, 0.4) is 0 Å². The van der Waals surface area contributed by atoms with E-state index < -0.39 is 51.1 Å². The number of hydrogen-bond donors (Lipinski definition) is 4. The highest BCUT2D eigenvalue weighted by Crippen LogP contribution is 2.46. The maximum Gasteiger partial charge on any atom is 0.472 e. The molecule has 0 amide bonds. The molecule has 3 aromatic rings. The summed E-state index contributed by atoms with van der Waals surface area (Å²) in [7, 11) is -4.81. The molecule has 0 spiro atoms. The van der Waals surface area contributed by atoms with Crippen molar-refractivity contribution in [1.29, 1.82) is 10.5 Å². The largest absolute Gasteiger partial charge is 0.472 e. The summed E-state index contributed by atoms with van der Waals surface area (Å²) in [5, 5.41) is 45.2. The molecule has 4 heterocycles. The average Bonchev–Trinajstić information content (AvgIpc) is 3.75. The molecule has 1 saturated heterocycles. The number of nitriles is 2. The van der Waals surface area contributed by atoms with Gasteiger partial charge in [-0.1, -0.05) is 109 Å². The molecular formula is C39H58N7O9P. The Morgan fingerprint density at radius 1 is 0.929 bits per heavy atom. The van der Waals surface area contributed by atoms with Gasteiger partial charge in [0, 0.05) is 12.7 Å². The number of aliphatic hydroxyl groups is 2. The van der Waals surface area contributed by atoms with Gasteiger partial charge >= 0.3 is 7.82 Å². The van der Waals surface area contributed by atoms with Crippen molar-refractivity contribution in [3.05, 3.63) is 48.0 Å². The first-order valence-electron chi connectivity index (χ1n) is 19.9. The third kappa shape index (κ3) is 13.5. The van der Waals surface area contributed by atoms with Gasteiger partial charge in [-0.15, -0.1) is 0 Å². The monoisotopic (exact) mass is 799 g/mol. The number of anilines is 1. The minimum Gasteiger partial charge on any atom is -0.469 e. The normalized spacial score (nSPS) is 21.1.